The summed E-state index contributed by atoms with van der Waals surface area (Å²) in [5, 5.41) is 2.83. The SMILES string of the molecule is CCCc1nccn1CC(=O)Nc1ccc(C)cc1N. The highest BCUT2D eigenvalue weighted by Gasteiger charge is 2.09. The molecule has 3 N–H and O–H groups in total. The molecule has 0 spiro atoms. The lowest BCUT2D eigenvalue weighted by atomic mass is 10.2. The number of amides is 1. The van der Waals surface area contributed by atoms with E-state index in [1.54, 1.807) is 6.20 Å². The number of carbonyl (C=O) groups is 1. The molecule has 2 rings (SSSR count). The van der Waals surface area contributed by atoms with Gasteiger partial charge in [0, 0.05) is 18.8 Å². The normalized spacial score (nSPS) is 10.5. The van der Waals surface area contributed by atoms with Crippen LogP contribution in [0.4, 0.5) is 11.4 Å². The summed E-state index contributed by atoms with van der Waals surface area (Å²) >= 11 is 0. The van der Waals surface area contributed by atoms with E-state index in [4.69, 9.17) is 5.73 Å². The van der Waals surface area contributed by atoms with Gasteiger partial charge >= 0.3 is 0 Å². The summed E-state index contributed by atoms with van der Waals surface area (Å²) < 4.78 is 1.86. The van der Waals surface area contributed by atoms with Crippen molar-refractivity contribution in [1.82, 2.24) is 9.55 Å². The lowest BCUT2D eigenvalue weighted by molar-refractivity contribution is -0.116. The number of hydrogen-bond donors (Lipinski definition) is 2. The van der Waals surface area contributed by atoms with E-state index < -0.39 is 0 Å². The molecule has 1 aromatic heterocycles. The van der Waals surface area contributed by atoms with Crippen molar-refractivity contribution in [3.63, 3.8) is 0 Å². The number of carbonyl (C=O) groups excluding carboxylic acids is 1. The fraction of sp³-hybridized carbons (Fsp3) is 0.333. The zero-order valence-corrected chi connectivity index (χ0v) is 11.9. The van der Waals surface area contributed by atoms with E-state index in [0.717, 1.165) is 24.2 Å². The summed E-state index contributed by atoms with van der Waals surface area (Å²) in [6, 6.07) is 5.59. The Hall–Kier alpha value is -2.30. The summed E-state index contributed by atoms with van der Waals surface area (Å²) in [6.45, 7) is 4.30. The van der Waals surface area contributed by atoms with Gasteiger partial charge in [0.15, 0.2) is 0 Å². The second-order valence-corrected chi connectivity index (χ2v) is 4.86. The molecule has 20 heavy (non-hydrogen) atoms. The minimum atomic E-state index is -0.101. The smallest absolute Gasteiger partial charge is 0.244 e. The second-order valence-electron chi connectivity index (χ2n) is 4.86. The van der Waals surface area contributed by atoms with E-state index in [0.29, 0.717) is 11.4 Å². The zero-order valence-electron chi connectivity index (χ0n) is 11.9. The van der Waals surface area contributed by atoms with Gasteiger partial charge in [-0.15, -0.1) is 0 Å². The topological polar surface area (TPSA) is 72.9 Å². The quantitative estimate of drug-likeness (QED) is 0.821. The first-order valence-corrected chi connectivity index (χ1v) is 6.76. The van der Waals surface area contributed by atoms with E-state index in [-0.39, 0.29) is 12.5 Å². The number of hydrogen-bond acceptors (Lipinski definition) is 3. The second kappa shape index (κ2) is 6.23. The molecule has 5 heteroatoms. The van der Waals surface area contributed by atoms with Gasteiger partial charge in [-0.1, -0.05) is 13.0 Å². The third-order valence-electron chi connectivity index (χ3n) is 3.07. The fourth-order valence-corrected chi connectivity index (χ4v) is 2.08. The van der Waals surface area contributed by atoms with Crippen LogP contribution in [-0.4, -0.2) is 15.5 Å². The largest absolute Gasteiger partial charge is 0.397 e. The van der Waals surface area contributed by atoms with Crippen LogP contribution >= 0.6 is 0 Å². The van der Waals surface area contributed by atoms with Crippen LogP contribution in [-0.2, 0) is 17.8 Å². The molecule has 0 atom stereocenters. The number of imidazole rings is 1. The van der Waals surface area contributed by atoms with Gasteiger partial charge in [-0.3, -0.25) is 4.79 Å². The van der Waals surface area contributed by atoms with E-state index in [1.165, 1.54) is 0 Å². The number of anilines is 2. The number of nitrogens with zero attached hydrogens (tertiary/aromatic N) is 2. The Bertz CT molecular complexity index is 604. The average molecular weight is 272 g/mol. The van der Waals surface area contributed by atoms with E-state index >= 15 is 0 Å². The lowest BCUT2D eigenvalue weighted by Gasteiger charge is -2.10. The molecule has 0 radical (unpaired) electrons. The third kappa shape index (κ3) is 3.38. The molecule has 1 heterocycles. The predicted octanol–water partition coefficient (Wildman–Crippen LogP) is 2.36. The molecule has 0 aliphatic rings. The van der Waals surface area contributed by atoms with Crippen LogP contribution in [0.25, 0.3) is 0 Å². The molecule has 106 valence electrons. The number of aromatic nitrogens is 2. The molecule has 0 saturated heterocycles. The average Bonchev–Trinajstić information content (AvgIpc) is 2.81. The molecule has 2 aromatic rings. The first-order chi connectivity index (χ1) is 9.60. The van der Waals surface area contributed by atoms with Gasteiger partial charge in [-0.05, 0) is 31.0 Å². The van der Waals surface area contributed by atoms with Crippen LogP contribution < -0.4 is 11.1 Å². The Morgan fingerprint density at radius 3 is 2.95 bits per heavy atom. The van der Waals surface area contributed by atoms with E-state index in [9.17, 15) is 4.79 Å². The van der Waals surface area contributed by atoms with Crippen molar-refractivity contribution < 1.29 is 4.79 Å². The Kier molecular flexibility index (Phi) is 4.40. The Balaban J connectivity index is 2.03. The number of nitrogen functional groups attached to an aromatic ring is 1. The highest BCUT2D eigenvalue weighted by atomic mass is 16.1. The number of nitrogens with two attached hydrogens (primary N) is 1. The predicted molar refractivity (Wildman–Crippen MR) is 80.4 cm³/mol. The minimum absolute atomic E-state index is 0.101. The maximum Gasteiger partial charge on any atom is 0.244 e. The van der Waals surface area contributed by atoms with Crippen molar-refractivity contribution in [1.29, 1.82) is 0 Å². The van der Waals surface area contributed by atoms with Crippen molar-refractivity contribution in [2.24, 2.45) is 0 Å². The van der Waals surface area contributed by atoms with E-state index in [1.807, 2.05) is 35.9 Å². The number of benzene rings is 1. The van der Waals surface area contributed by atoms with Crippen molar-refractivity contribution in [3.8, 4) is 0 Å². The molecule has 0 unspecified atom stereocenters. The van der Waals surface area contributed by atoms with E-state index in [2.05, 4.69) is 17.2 Å². The molecule has 5 nitrogen and oxygen atoms in total. The Labute approximate surface area is 118 Å². The molecule has 0 fully saturated rings. The molecule has 0 aliphatic heterocycles. The van der Waals surface area contributed by atoms with Crippen molar-refractivity contribution in [3.05, 3.63) is 42.0 Å². The van der Waals surface area contributed by atoms with Crippen LogP contribution in [0, 0.1) is 6.92 Å². The summed E-state index contributed by atoms with van der Waals surface area (Å²) in [5.74, 6) is 0.829. The first-order valence-electron chi connectivity index (χ1n) is 6.76. The van der Waals surface area contributed by atoms with Gasteiger partial charge in [0.1, 0.15) is 12.4 Å². The van der Waals surface area contributed by atoms with Gasteiger partial charge in [0.05, 0.1) is 11.4 Å². The summed E-state index contributed by atoms with van der Waals surface area (Å²) in [5.41, 5.74) is 8.19. The molecular formula is C15H20N4O. The van der Waals surface area contributed by atoms with Crippen LogP contribution in [0.5, 0.6) is 0 Å². The Morgan fingerprint density at radius 2 is 2.25 bits per heavy atom. The molecule has 1 aromatic carbocycles. The Morgan fingerprint density at radius 1 is 1.45 bits per heavy atom. The number of rotatable bonds is 5. The van der Waals surface area contributed by atoms with Crippen molar-refractivity contribution in [2.75, 3.05) is 11.1 Å². The monoisotopic (exact) mass is 272 g/mol. The summed E-state index contributed by atoms with van der Waals surface area (Å²) in [6.07, 6.45) is 5.41. The summed E-state index contributed by atoms with van der Waals surface area (Å²) in [7, 11) is 0. The minimum Gasteiger partial charge on any atom is -0.397 e. The first kappa shape index (κ1) is 14.1. The zero-order chi connectivity index (χ0) is 14.5. The van der Waals surface area contributed by atoms with Gasteiger partial charge in [-0.25, -0.2) is 4.98 Å². The molecule has 0 bridgehead atoms. The van der Waals surface area contributed by atoms with Crippen LogP contribution in [0.1, 0.15) is 24.7 Å². The highest BCUT2D eigenvalue weighted by Crippen LogP contribution is 2.19. The number of aryl methyl sites for hydroxylation is 2. The molecule has 1 amide bonds. The summed E-state index contributed by atoms with van der Waals surface area (Å²) in [4.78, 5) is 16.3. The van der Waals surface area contributed by atoms with Gasteiger partial charge in [-0.2, -0.15) is 0 Å². The fourth-order valence-electron chi connectivity index (χ4n) is 2.08. The van der Waals surface area contributed by atoms with Crippen LogP contribution in [0.3, 0.4) is 0 Å². The molecule has 0 aliphatic carbocycles. The van der Waals surface area contributed by atoms with Crippen LogP contribution in [0.2, 0.25) is 0 Å². The van der Waals surface area contributed by atoms with Crippen molar-refractivity contribution in [2.45, 2.75) is 33.2 Å². The van der Waals surface area contributed by atoms with Crippen molar-refractivity contribution >= 4 is 17.3 Å². The maximum absolute atomic E-state index is 12.1. The number of nitrogens with one attached hydrogen (secondary N) is 1. The third-order valence-corrected chi connectivity index (χ3v) is 3.07. The van der Waals surface area contributed by atoms with Gasteiger partial charge in [0.25, 0.3) is 0 Å². The highest BCUT2D eigenvalue weighted by molar-refractivity contribution is 5.93. The van der Waals surface area contributed by atoms with Gasteiger partial charge in [0.2, 0.25) is 5.91 Å². The standard InChI is InChI=1S/C15H20N4O/c1-3-4-14-17-7-8-19(14)10-15(20)18-13-6-5-11(2)9-12(13)16/h5-9H,3-4,10,16H2,1-2H3,(H,18,20). The lowest BCUT2D eigenvalue weighted by Crippen LogP contribution is -2.20. The molecule has 0 saturated carbocycles. The van der Waals surface area contributed by atoms with Crippen LogP contribution in [0.15, 0.2) is 30.6 Å². The molecular weight excluding hydrogens is 252 g/mol. The van der Waals surface area contributed by atoms with Gasteiger partial charge < -0.3 is 15.6 Å². The maximum atomic E-state index is 12.1.